The molecule has 0 N–H and O–H groups in total. The number of hydrogen-bond donors (Lipinski definition) is 0. The number of esters is 4. The number of ether oxygens (including phenoxy) is 4. The highest BCUT2D eigenvalue weighted by Crippen LogP contribution is 2.44. The summed E-state index contributed by atoms with van der Waals surface area (Å²) < 4.78 is 22.3. The van der Waals surface area contributed by atoms with Crippen molar-refractivity contribution in [2.24, 2.45) is 29.6 Å². The zero-order valence-corrected chi connectivity index (χ0v) is 32.8. The van der Waals surface area contributed by atoms with Crippen LogP contribution in [0.5, 0.6) is 5.75 Å². The number of benzene rings is 2. The van der Waals surface area contributed by atoms with Crippen LogP contribution in [0.25, 0.3) is 0 Å². The second kappa shape index (κ2) is 21.6. The van der Waals surface area contributed by atoms with E-state index < -0.39 is 17.5 Å². The van der Waals surface area contributed by atoms with Crippen LogP contribution < -0.4 is 4.74 Å². The average Bonchev–Trinajstić information content (AvgIpc) is 3.22. The van der Waals surface area contributed by atoms with Crippen molar-refractivity contribution in [3.8, 4) is 17.6 Å². The molecule has 3 saturated carbocycles. The molecule has 8 nitrogen and oxygen atoms in total. The van der Waals surface area contributed by atoms with Gasteiger partial charge in [-0.3, -0.25) is 9.59 Å². The highest BCUT2D eigenvalue weighted by Gasteiger charge is 2.40. The lowest BCUT2D eigenvalue weighted by Crippen LogP contribution is -2.39. The van der Waals surface area contributed by atoms with Gasteiger partial charge in [-0.05, 0) is 137 Å². The number of unbranched alkanes of at least 4 members (excludes halogenated alkanes) is 3. The molecule has 0 spiro atoms. The third-order valence-corrected chi connectivity index (χ3v) is 12.0. The molecule has 0 amide bonds. The highest BCUT2D eigenvalue weighted by molar-refractivity contribution is 5.90. The molecule has 0 saturated heterocycles. The Morgan fingerprint density at radius 2 is 1.35 bits per heavy atom. The average molecular weight is 753 g/mol. The SMILES string of the molecule is C=CC(=O)OCCCCOC(=O)C1CCC(C(=O)Oc2ccc(C(=O)OC3(C#Cc4ccccc4)CCC(C4CCC(CCCCC)CC4)CC3)cc2)CC1. The standard InChI is InChI=1S/C47H60O8/c1-3-5-7-12-36-15-17-37(18-16-36)38-28-31-47(32-29-38,30-27-35-13-8-6-9-14-35)55-46(51)41-23-25-42(26-24-41)54-45(50)40-21-19-39(20-22-40)44(49)53-34-11-10-33-52-43(48)4-2/h4,6,8-9,13-14,23-26,36-40H,2-3,5,7,10-12,15-22,28-29,31-34H2,1H3. The van der Waals surface area contributed by atoms with Gasteiger partial charge in [0.1, 0.15) is 5.75 Å². The van der Waals surface area contributed by atoms with Crippen molar-refractivity contribution in [2.45, 2.75) is 128 Å². The van der Waals surface area contributed by atoms with Gasteiger partial charge in [-0.2, -0.15) is 0 Å². The van der Waals surface area contributed by atoms with Crippen molar-refractivity contribution >= 4 is 23.9 Å². The Morgan fingerprint density at radius 1 is 0.727 bits per heavy atom. The minimum absolute atomic E-state index is 0.246. The van der Waals surface area contributed by atoms with Crippen LogP contribution in [0.1, 0.15) is 138 Å². The lowest BCUT2D eigenvalue weighted by molar-refractivity contribution is -0.152. The van der Waals surface area contributed by atoms with Crippen LogP contribution in [0.2, 0.25) is 0 Å². The summed E-state index contributed by atoms with van der Waals surface area (Å²) in [5.41, 5.74) is 0.443. The Bertz CT molecular complexity index is 1600. The van der Waals surface area contributed by atoms with Crippen molar-refractivity contribution in [1.82, 2.24) is 0 Å². The minimum atomic E-state index is -0.848. The van der Waals surface area contributed by atoms with Gasteiger partial charge in [-0.15, -0.1) is 0 Å². The van der Waals surface area contributed by atoms with E-state index in [4.69, 9.17) is 18.9 Å². The summed E-state index contributed by atoms with van der Waals surface area (Å²) >= 11 is 0. The van der Waals surface area contributed by atoms with Gasteiger partial charge >= 0.3 is 23.9 Å². The van der Waals surface area contributed by atoms with E-state index in [-0.39, 0.29) is 37.0 Å². The fraction of sp³-hybridized carbons (Fsp3) is 0.574. The molecule has 2 aromatic carbocycles. The van der Waals surface area contributed by atoms with Gasteiger partial charge in [0, 0.05) is 11.6 Å². The van der Waals surface area contributed by atoms with E-state index in [2.05, 4.69) is 25.3 Å². The minimum Gasteiger partial charge on any atom is -0.465 e. The van der Waals surface area contributed by atoms with E-state index >= 15 is 0 Å². The quantitative estimate of drug-likeness (QED) is 0.0417. The molecular weight excluding hydrogens is 693 g/mol. The Hall–Kier alpha value is -4.38. The lowest BCUT2D eigenvalue weighted by atomic mass is 9.67. The molecule has 5 rings (SSSR count). The Kier molecular flexibility index (Phi) is 16.4. The molecule has 0 atom stereocenters. The molecule has 0 aromatic heterocycles. The number of carbonyl (C=O) groups is 4. The fourth-order valence-corrected chi connectivity index (χ4v) is 8.56. The van der Waals surface area contributed by atoms with E-state index in [1.54, 1.807) is 24.3 Å². The third kappa shape index (κ3) is 13.1. The molecular formula is C47H60O8. The summed E-state index contributed by atoms with van der Waals surface area (Å²) in [7, 11) is 0. The Balaban J connectivity index is 1.09. The zero-order chi connectivity index (χ0) is 38.9. The first kappa shape index (κ1) is 41.8. The molecule has 296 valence electrons. The predicted octanol–water partition coefficient (Wildman–Crippen LogP) is 9.98. The van der Waals surface area contributed by atoms with Crippen LogP contribution in [0, 0.1) is 41.4 Å². The van der Waals surface area contributed by atoms with E-state index in [9.17, 15) is 19.2 Å². The fourth-order valence-electron chi connectivity index (χ4n) is 8.56. The molecule has 3 aliphatic carbocycles. The van der Waals surface area contributed by atoms with Gasteiger partial charge in [-0.25, -0.2) is 9.59 Å². The first-order chi connectivity index (χ1) is 26.8. The summed E-state index contributed by atoms with van der Waals surface area (Å²) in [6.45, 7) is 6.15. The number of hydrogen-bond acceptors (Lipinski definition) is 8. The maximum absolute atomic E-state index is 13.6. The van der Waals surface area contributed by atoms with Crippen molar-refractivity contribution < 1.29 is 38.1 Å². The van der Waals surface area contributed by atoms with Crippen LogP contribution in [0.4, 0.5) is 0 Å². The molecule has 55 heavy (non-hydrogen) atoms. The molecule has 0 radical (unpaired) electrons. The summed E-state index contributed by atoms with van der Waals surface area (Å²) in [6.07, 6.45) is 18.7. The normalized spacial score (nSPS) is 25.0. The highest BCUT2D eigenvalue weighted by atomic mass is 16.6. The maximum Gasteiger partial charge on any atom is 0.339 e. The topological polar surface area (TPSA) is 105 Å². The lowest BCUT2D eigenvalue weighted by Gasteiger charge is -2.41. The molecule has 2 aromatic rings. The van der Waals surface area contributed by atoms with Gasteiger partial charge < -0.3 is 18.9 Å². The van der Waals surface area contributed by atoms with Crippen LogP contribution >= 0.6 is 0 Å². The van der Waals surface area contributed by atoms with Gasteiger partial charge in [-0.1, -0.05) is 76.1 Å². The molecule has 3 aliphatic rings. The monoisotopic (exact) mass is 752 g/mol. The molecule has 0 unspecified atom stereocenters. The predicted molar refractivity (Wildman–Crippen MR) is 212 cm³/mol. The Labute approximate surface area is 328 Å². The van der Waals surface area contributed by atoms with E-state index in [1.807, 2.05) is 30.3 Å². The van der Waals surface area contributed by atoms with Gasteiger partial charge in [0.2, 0.25) is 0 Å². The Morgan fingerprint density at radius 3 is 1.98 bits per heavy atom. The van der Waals surface area contributed by atoms with Crippen molar-refractivity contribution in [3.05, 3.63) is 78.4 Å². The smallest absolute Gasteiger partial charge is 0.339 e. The van der Waals surface area contributed by atoms with Gasteiger partial charge in [0.15, 0.2) is 5.60 Å². The second-order valence-corrected chi connectivity index (χ2v) is 15.9. The third-order valence-electron chi connectivity index (χ3n) is 12.0. The van der Waals surface area contributed by atoms with E-state index in [0.717, 1.165) is 49.2 Å². The van der Waals surface area contributed by atoms with Crippen LogP contribution in [-0.4, -0.2) is 42.7 Å². The van der Waals surface area contributed by atoms with E-state index in [0.29, 0.717) is 55.8 Å². The molecule has 8 heteroatoms. The summed E-state index contributed by atoms with van der Waals surface area (Å²) in [5, 5.41) is 0. The summed E-state index contributed by atoms with van der Waals surface area (Å²) in [5.74, 6) is 7.32. The second-order valence-electron chi connectivity index (χ2n) is 15.9. The molecule has 0 heterocycles. The van der Waals surface area contributed by atoms with Crippen LogP contribution in [0.3, 0.4) is 0 Å². The molecule has 3 fully saturated rings. The maximum atomic E-state index is 13.6. The first-order valence-electron chi connectivity index (χ1n) is 20.9. The van der Waals surface area contributed by atoms with Crippen LogP contribution in [-0.2, 0) is 28.6 Å². The zero-order valence-electron chi connectivity index (χ0n) is 32.8. The van der Waals surface area contributed by atoms with E-state index in [1.165, 1.54) is 51.4 Å². The molecule has 0 bridgehead atoms. The largest absolute Gasteiger partial charge is 0.465 e. The van der Waals surface area contributed by atoms with Crippen molar-refractivity contribution in [2.75, 3.05) is 13.2 Å². The van der Waals surface area contributed by atoms with Gasteiger partial charge in [0.25, 0.3) is 0 Å². The summed E-state index contributed by atoms with van der Waals surface area (Å²) in [6, 6.07) is 16.4. The van der Waals surface area contributed by atoms with Gasteiger partial charge in [0.05, 0.1) is 30.6 Å². The number of rotatable bonds is 16. The molecule has 0 aliphatic heterocycles. The number of carbonyl (C=O) groups excluding carboxylic acids is 4. The van der Waals surface area contributed by atoms with Crippen LogP contribution in [0.15, 0.2) is 67.3 Å². The first-order valence-corrected chi connectivity index (χ1v) is 20.9. The summed E-state index contributed by atoms with van der Waals surface area (Å²) in [4.78, 5) is 50.3. The van der Waals surface area contributed by atoms with Crippen molar-refractivity contribution in [3.63, 3.8) is 0 Å². The van der Waals surface area contributed by atoms with Crippen molar-refractivity contribution in [1.29, 1.82) is 0 Å².